The Balaban J connectivity index is 1.69. The van der Waals surface area contributed by atoms with E-state index in [1.807, 2.05) is 31.2 Å². The molecule has 0 saturated carbocycles. The van der Waals surface area contributed by atoms with Crippen LogP contribution in [0.25, 0.3) is 16.9 Å². The molecule has 1 N–H and O–H groups in total. The molecule has 0 unspecified atom stereocenters. The number of rotatable bonds is 8. The Morgan fingerprint density at radius 2 is 1.84 bits per heavy atom. The van der Waals surface area contributed by atoms with Crippen molar-refractivity contribution in [2.75, 3.05) is 13.7 Å². The van der Waals surface area contributed by atoms with Gasteiger partial charge in [-0.1, -0.05) is 31.2 Å². The first-order valence-corrected chi connectivity index (χ1v) is 14.9. The van der Waals surface area contributed by atoms with E-state index in [2.05, 4.69) is 17.0 Å². The lowest BCUT2D eigenvalue weighted by molar-refractivity contribution is -0.160. The van der Waals surface area contributed by atoms with Gasteiger partial charge in [0.1, 0.15) is 0 Å². The van der Waals surface area contributed by atoms with Crippen molar-refractivity contribution in [2.24, 2.45) is 0 Å². The lowest BCUT2D eigenvalue weighted by Crippen LogP contribution is -2.29. The van der Waals surface area contributed by atoms with Gasteiger partial charge in [-0.05, 0) is 76.6 Å². The average molecular weight is 603 g/mol. The predicted molar refractivity (Wildman–Crippen MR) is 165 cm³/mol. The van der Waals surface area contributed by atoms with Gasteiger partial charge < -0.3 is 19.5 Å². The number of aromatic nitrogens is 3. The van der Waals surface area contributed by atoms with Crippen molar-refractivity contribution >= 4 is 17.5 Å². The zero-order valence-electron chi connectivity index (χ0n) is 26.3. The van der Waals surface area contributed by atoms with E-state index in [0.717, 1.165) is 29.5 Å². The summed E-state index contributed by atoms with van der Waals surface area (Å²) in [6.07, 6.45) is 0.834. The number of nitrogens with zero attached hydrogens (tertiary/aromatic N) is 4. The number of halogens is 1. The first-order chi connectivity index (χ1) is 20.8. The summed E-state index contributed by atoms with van der Waals surface area (Å²) in [6, 6.07) is 11.0. The van der Waals surface area contributed by atoms with Crippen molar-refractivity contribution in [2.45, 2.75) is 79.1 Å². The minimum Gasteiger partial charge on any atom is -0.490 e. The number of carbonyl (C=O) groups excluding carboxylic acids is 1. The molecular formula is C34H39FN4O5. The van der Waals surface area contributed by atoms with E-state index in [0.29, 0.717) is 42.2 Å². The Morgan fingerprint density at radius 3 is 2.48 bits per heavy atom. The number of benzene rings is 2. The molecule has 1 amide bonds. The van der Waals surface area contributed by atoms with Gasteiger partial charge in [0.25, 0.3) is 5.91 Å². The normalized spacial score (nSPS) is 13.8. The van der Waals surface area contributed by atoms with Gasteiger partial charge in [-0.15, -0.1) is 0 Å². The number of hydrogen-bond acceptors (Lipinski definition) is 6. The number of fused-ring (bicyclic) bond motifs is 2. The lowest BCUT2D eigenvalue weighted by Gasteiger charge is -2.28. The zero-order chi connectivity index (χ0) is 31.9. The Hall–Kier alpha value is -4.31. The second-order valence-electron chi connectivity index (χ2n) is 12.3. The molecule has 0 saturated heterocycles. The summed E-state index contributed by atoms with van der Waals surface area (Å²) in [4.78, 5) is 32.6. The minimum atomic E-state index is -1.44. The second-order valence-corrected chi connectivity index (χ2v) is 12.3. The van der Waals surface area contributed by atoms with Gasteiger partial charge in [0.2, 0.25) is 0 Å². The van der Waals surface area contributed by atoms with E-state index in [-0.39, 0.29) is 22.9 Å². The van der Waals surface area contributed by atoms with Crippen LogP contribution in [0.3, 0.4) is 0 Å². The number of carbonyl (C=O) groups is 2. The van der Waals surface area contributed by atoms with E-state index in [9.17, 15) is 14.7 Å². The quantitative estimate of drug-likeness (QED) is 0.254. The molecule has 4 aromatic rings. The molecule has 5 rings (SSSR count). The molecule has 1 aliphatic heterocycles. The Kier molecular flexibility index (Phi) is 8.49. The van der Waals surface area contributed by atoms with E-state index in [4.69, 9.17) is 9.47 Å². The smallest absolute Gasteiger partial charge is 0.337 e. The summed E-state index contributed by atoms with van der Waals surface area (Å²) in [7, 11) is 1.70. The predicted octanol–water partition coefficient (Wildman–Crippen LogP) is 6.25. The first kappa shape index (κ1) is 31.1. The lowest BCUT2D eigenvalue weighted by atomic mass is 9.91. The molecule has 44 heavy (non-hydrogen) atoms. The number of aliphatic carboxylic acids is 1. The third kappa shape index (κ3) is 6.04. The molecule has 1 aliphatic rings. The van der Waals surface area contributed by atoms with Gasteiger partial charge in [0.05, 0.1) is 17.9 Å². The molecule has 0 spiro atoms. The summed E-state index contributed by atoms with van der Waals surface area (Å²) >= 11 is 0. The zero-order valence-corrected chi connectivity index (χ0v) is 26.3. The summed E-state index contributed by atoms with van der Waals surface area (Å²) in [5, 5.41) is 15.0. The fourth-order valence-corrected chi connectivity index (χ4v) is 5.72. The standard InChI is InChI=1S/C34H39FN4O5/c1-8-21-11-13-22(14-12-21)18-38(7)32(40)26-17-27-36-20(3)28(31(33(41)42)44-34(4,5)6)29(39(27)37-26)24-16-25(35)30-23(19(24)2)10-9-15-43-30/h11-14,16-17,31H,8-10,15,18H2,1-7H3,(H,41,42)/t31-/m0/s1. The number of ether oxygens (including phenoxy) is 2. The van der Waals surface area contributed by atoms with Gasteiger partial charge in [-0.25, -0.2) is 18.7 Å². The first-order valence-electron chi connectivity index (χ1n) is 14.9. The van der Waals surface area contributed by atoms with Crippen LogP contribution in [-0.2, 0) is 28.9 Å². The topological polar surface area (TPSA) is 106 Å². The summed E-state index contributed by atoms with van der Waals surface area (Å²) in [5.74, 6) is -1.88. The van der Waals surface area contributed by atoms with Gasteiger partial charge in [-0.3, -0.25) is 4.79 Å². The highest BCUT2D eigenvalue weighted by Gasteiger charge is 2.35. The molecule has 9 nitrogen and oxygen atoms in total. The molecule has 3 heterocycles. The van der Waals surface area contributed by atoms with E-state index in [1.165, 1.54) is 16.1 Å². The monoisotopic (exact) mass is 602 g/mol. The SMILES string of the molecule is CCc1ccc(CN(C)C(=O)c2cc3nc(C)c([C@H](OC(C)(C)C)C(=O)O)c(-c4cc(F)c5c(c4C)CCCO5)n3n2)cc1. The van der Waals surface area contributed by atoms with Gasteiger partial charge in [-0.2, -0.15) is 5.10 Å². The number of hydrogen-bond donors (Lipinski definition) is 1. The van der Waals surface area contributed by atoms with Crippen molar-refractivity contribution in [3.05, 3.63) is 81.4 Å². The van der Waals surface area contributed by atoms with E-state index < -0.39 is 23.5 Å². The Bertz CT molecular complexity index is 1740. The molecule has 0 bridgehead atoms. The Labute approximate surface area is 256 Å². The number of carboxylic acid groups (broad SMARTS) is 1. The second kappa shape index (κ2) is 12.0. The molecular weight excluding hydrogens is 563 g/mol. The molecule has 0 fully saturated rings. The van der Waals surface area contributed by atoms with Crippen LogP contribution in [-0.4, -0.2) is 55.7 Å². The fourth-order valence-electron chi connectivity index (χ4n) is 5.72. The molecule has 232 valence electrons. The summed E-state index contributed by atoms with van der Waals surface area (Å²) in [6.45, 7) is 11.7. The third-order valence-corrected chi connectivity index (χ3v) is 7.90. The van der Waals surface area contributed by atoms with Crippen LogP contribution in [0.1, 0.15) is 84.2 Å². The van der Waals surface area contributed by atoms with Crippen molar-refractivity contribution in [1.82, 2.24) is 19.5 Å². The van der Waals surface area contributed by atoms with Crippen LogP contribution < -0.4 is 4.74 Å². The Morgan fingerprint density at radius 1 is 1.16 bits per heavy atom. The number of aryl methyl sites for hydroxylation is 2. The summed E-state index contributed by atoms with van der Waals surface area (Å²) in [5.41, 5.74) is 4.66. The van der Waals surface area contributed by atoms with E-state index >= 15 is 4.39 Å². The van der Waals surface area contributed by atoms with Crippen LogP contribution in [0.2, 0.25) is 0 Å². The van der Waals surface area contributed by atoms with Gasteiger partial charge in [0.15, 0.2) is 29.0 Å². The van der Waals surface area contributed by atoms with Crippen molar-refractivity contribution in [1.29, 1.82) is 0 Å². The fraction of sp³-hybridized carbons (Fsp3) is 0.412. The molecule has 2 aromatic heterocycles. The van der Waals surface area contributed by atoms with Crippen LogP contribution in [0.15, 0.2) is 36.4 Å². The molecule has 0 radical (unpaired) electrons. The largest absolute Gasteiger partial charge is 0.490 e. The van der Waals surface area contributed by atoms with Crippen molar-refractivity contribution in [3.63, 3.8) is 0 Å². The van der Waals surface area contributed by atoms with Gasteiger partial charge in [0, 0.05) is 42.0 Å². The minimum absolute atomic E-state index is 0.131. The van der Waals surface area contributed by atoms with Crippen LogP contribution in [0, 0.1) is 19.7 Å². The van der Waals surface area contributed by atoms with Crippen LogP contribution in [0.5, 0.6) is 5.75 Å². The maximum Gasteiger partial charge on any atom is 0.337 e. The molecule has 0 aliphatic carbocycles. The summed E-state index contributed by atoms with van der Waals surface area (Å²) < 4.78 is 28.7. The molecule has 1 atom stereocenters. The van der Waals surface area contributed by atoms with Crippen molar-refractivity contribution in [3.8, 4) is 17.0 Å². The van der Waals surface area contributed by atoms with Crippen LogP contribution in [0.4, 0.5) is 4.39 Å². The highest BCUT2D eigenvalue weighted by Crippen LogP contribution is 2.41. The van der Waals surface area contributed by atoms with E-state index in [1.54, 1.807) is 45.7 Å². The highest BCUT2D eigenvalue weighted by atomic mass is 19.1. The average Bonchev–Trinajstić information content (AvgIpc) is 3.40. The highest BCUT2D eigenvalue weighted by molar-refractivity contribution is 5.93. The third-order valence-electron chi connectivity index (χ3n) is 7.90. The van der Waals surface area contributed by atoms with Crippen molar-refractivity contribution < 1.29 is 28.6 Å². The maximum atomic E-state index is 15.6. The molecule has 10 heteroatoms. The molecule has 2 aromatic carbocycles. The number of carboxylic acids is 1. The maximum absolute atomic E-state index is 15.6. The van der Waals surface area contributed by atoms with Crippen LogP contribution >= 0.6 is 0 Å². The number of amides is 1. The van der Waals surface area contributed by atoms with Gasteiger partial charge >= 0.3 is 5.97 Å².